The number of nitrogens with one attached hydrogen (secondary N) is 1. The van der Waals surface area contributed by atoms with Crippen LogP contribution in [0.2, 0.25) is 0 Å². The summed E-state index contributed by atoms with van der Waals surface area (Å²) in [6.07, 6.45) is 0. The molecule has 0 heterocycles. The third kappa shape index (κ3) is 4.63. The molecule has 8 heteroatoms. The van der Waals surface area contributed by atoms with E-state index in [-0.39, 0.29) is 11.3 Å². The second-order valence-electron chi connectivity index (χ2n) is 4.12. The van der Waals surface area contributed by atoms with Crippen LogP contribution < -0.4 is 4.72 Å². The molecule has 0 amide bonds. The predicted molar refractivity (Wildman–Crippen MR) is 70.6 cm³/mol. The molecule has 20 heavy (non-hydrogen) atoms. The van der Waals surface area contributed by atoms with E-state index in [0.717, 1.165) is 7.11 Å². The Morgan fingerprint density at radius 1 is 1.30 bits per heavy atom. The highest BCUT2D eigenvalue weighted by atomic mass is 32.2. The van der Waals surface area contributed by atoms with Crippen molar-refractivity contribution in [2.45, 2.75) is 18.7 Å². The van der Waals surface area contributed by atoms with Crippen molar-refractivity contribution in [3.05, 3.63) is 35.4 Å². The van der Waals surface area contributed by atoms with Crippen molar-refractivity contribution in [3.8, 4) is 0 Å². The first-order valence-electron chi connectivity index (χ1n) is 5.65. The van der Waals surface area contributed by atoms with E-state index in [1.54, 1.807) is 0 Å². The maximum absolute atomic E-state index is 11.8. The molecule has 1 rings (SSSR count). The van der Waals surface area contributed by atoms with Crippen LogP contribution in [0.1, 0.15) is 22.8 Å². The first kappa shape index (κ1) is 16.1. The zero-order valence-corrected chi connectivity index (χ0v) is 11.8. The highest BCUT2D eigenvalue weighted by Gasteiger charge is 2.21. The fourth-order valence-electron chi connectivity index (χ4n) is 1.50. The average molecular weight is 301 g/mol. The summed E-state index contributed by atoms with van der Waals surface area (Å²) >= 11 is 0. The Balaban J connectivity index is 2.76. The van der Waals surface area contributed by atoms with Gasteiger partial charge in [-0.2, -0.15) is 0 Å². The number of esters is 1. The molecule has 2 N–H and O–H groups in total. The van der Waals surface area contributed by atoms with Gasteiger partial charge in [-0.15, -0.1) is 0 Å². The summed E-state index contributed by atoms with van der Waals surface area (Å²) in [6, 6.07) is 4.47. The molecule has 0 fully saturated rings. The number of aromatic carboxylic acids is 1. The lowest BCUT2D eigenvalue weighted by molar-refractivity contribution is -0.142. The molecule has 7 nitrogen and oxygen atoms in total. The summed E-state index contributed by atoms with van der Waals surface area (Å²) in [5.41, 5.74) is 0.488. The van der Waals surface area contributed by atoms with Gasteiger partial charge in [0.25, 0.3) is 0 Å². The Bertz CT molecular complexity index is 593. The zero-order chi connectivity index (χ0) is 15.3. The second-order valence-corrected chi connectivity index (χ2v) is 5.88. The molecule has 0 radical (unpaired) electrons. The summed E-state index contributed by atoms with van der Waals surface area (Å²) in [5, 5.41) is 8.73. The van der Waals surface area contributed by atoms with Gasteiger partial charge in [0.05, 0.1) is 18.4 Å². The van der Waals surface area contributed by atoms with Gasteiger partial charge in [0.15, 0.2) is 0 Å². The van der Waals surface area contributed by atoms with Crippen LogP contribution in [0, 0.1) is 0 Å². The van der Waals surface area contributed by atoms with Crippen LogP contribution in [0.3, 0.4) is 0 Å². The summed E-state index contributed by atoms with van der Waals surface area (Å²) < 4.78 is 30.2. The minimum Gasteiger partial charge on any atom is -0.478 e. The van der Waals surface area contributed by atoms with Crippen molar-refractivity contribution in [3.63, 3.8) is 0 Å². The van der Waals surface area contributed by atoms with Crippen LogP contribution >= 0.6 is 0 Å². The van der Waals surface area contributed by atoms with Gasteiger partial charge in [0.2, 0.25) is 10.0 Å². The van der Waals surface area contributed by atoms with E-state index in [1.165, 1.54) is 31.2 Å². The molecule has 0 saturated heterocycles. The Morgan fingerprint density at radius 2 is 1.85 bits per heavy atom. The van der Waals surface area contributed by atoms with Crippen LogP contribution in [0.5, 0.6) is 0 Å². The molecular weight excluding hydrogens is 286 g/mol. The molecule has 0 saturated carbocycles. The van der Waals surface area contributed by atoms with Gasteiger partial charge in [-0.05, 0) is 24.6 Å². The van der Waals surface area contributed by atoms with Gasteiger partial charge in [-0.25, -0.2) is 17.9 Å². The Morgan fingerprint density at radius 3 is 2.30 bits per heavy atom. The van der Waals surface area contributed by atoms with E-state index in [4.69, 9.17) is 5.11 Å². The van der Waals surface area contributed by atoms with E-state index in [2.05, 4.69) is 9.46 Å². The predicted octanol–water partition coefficient (Wildman–Crippen LogP) is 0.366. The minimum absolute atomic E-state index is 0.0713. The molecular formula is C12H15NO6S. The van der Waals surface area contributed by atoms with Gasteiger partial charge in [-0.1, -0.05) is 12.1 Å². The van der Waals surface area contributed by atoms with Crippen molar-refractivity contribution in [2.24, 2.45) is 0 Å². The summed E-state index contributed by atoms with van der Waals surface area (Å²) in [7, 11) is -2.56. The highest BCUT2D eigenvalue weighted by molar-refractivity contribution is 7.88. The maximum Gasteiger partial charge on any atom is 0.335 e. The molecule has 1 aromatic carbocycles. The summed E-state index contributed by atoms with van der Waals surface area (Å²) in [5.74, 6) is -2.12. The lowest BCUT2D eigenvalue weighted by Gasteiger charge is -2.12. The number of sulfonamides is 1. The Kier molecular flexibility index (Phi) is 5.23. The number of rotatable bonds is 6. The van der Waals surface area contributed by atoms with E-state index < -0.39 is 28.0 Å². The van der Waals surface area contributed by atoms with Crippen LogP contribution in [-0.2, 0) is 25.3 Å². The van der Waals surface area contributed by atoms with Crippen molar-refractivity contribution in [2.75, 3.05) is 7.11 Å². The third-order valence-electron chi connectivity index (χ3n) is 2.47. The van der Waals surface area contributed by atoms with E-state index in [9.17, 15) is 18.0 Å². The van der Waals surface area contributed by atoms with Gasteiger partial charge < -0.3 is 9.84 Å². The fraction of sp³-hybridized carbons (Fsp3) is 0.333. The van der Waals surface area contributed by atoms with Gasteiger partial charge >= 0.3 is 11.9 Å². The molecule has 110 valence electrons. The first-order valence-corrected chi connectivity index (χ1v) is 7.30. The quantitative estimate of drug-likeness (QED) is 0.734. The summed E-state index contributed by atoms with van der Waals surface area (Å²) in [6.45, 7) is 1.37. The highest BCUT2D eigenvalue weighted by Crippen LogP contribution is 2.08. The summed E-state index contributed by atoms with van der Waals surface area (Å²) in [4.78, 5) is 21.8. The fourth-order valence-corrected chi connectivity index (χ4v) is 2.85. The first-order chi connectivity index (χ1) is 9.25. The standard InChI is InChI=1S/C12H15NO6S/c1-8(12(16)19-2)13-20(17,18)7-9-3-5-10(6-4-9)11(14)15/h3-6,8,13H,7H2,1-2H3,(H,14,15). The average Bonchev–Trinajstić information content (AvgIpc) is 2.37. The normalized spacial score (nSPS) is 12.7. The number of benzene rings is 1. The molecule has 1 unspecified atom stereocenters. The van der Waals surface area contributed by atoms with Gasteiger partial charge in [0, 0.05) is 0 Å². The van der Waals surface area contributed by atoms with Crippen LogP contribution in [0.25, 0.3) is 0 Å². The number of hydrogen-bond donors (Lipinski definition) is 2. The molecule has 1 atom stereocenters. The van der Waals surface area contributed by atoms with Crippen LogP contribution in [0.15, 0.2) is 24.3 Å². The van der Waals surface area contributed by atoms with E-state index >= 15 is 0 Å². The van der Waals surface area contributed by atoms with Crippen molar-refractivity contribution >= 4 is 22.0 Å². The van der Waals surface area contributed by atoms with Crippen LogP contribution in [0.4, 0.5) is 0 Å². The SMILES string of the molecule is COC(=O)C(C)NS(=O)(=O)Cc1ccc(C(=O)O)cc1. The molecule has 0 aliphatic heterocycles. The minimum atomic E-state index is -3.72. The molecule has 0 aliphatic rings. The van der Waals surface area contributed by atoms with Crippen molar-refractivity contribution in [1.29, 1.82) is 0 Å². The van der Waals surface area contributed by atoms with E-state index in [0.29, 0.717) is 5.56 Å². The lowest BCUT2D eigenvalue weighted by atomic mass is 10.1. The number of carbonyl (C=O) groups excluding carboxylic acids is 1. The molecule has 0 bridgehead atoms. The maximum atomic E-state index is 11.8. The van der Waals surface area contributed by atoms with Crippen molar-refractivity contribution in [1.82, 2.24) is 4.72 Å². The van der Waals surface area contributed by atoms with Gasteiger partial charge in [-0.3, -0.25) is 4.79 Å². The second kappa shape index (κ2) is 6.49. The molecule has 0 aliphatic carbocycles. The number of methoxy groups -OCH3 is 1. The largest absolute Gasteiger partial charge is 0.478 e. The van der Waals surface area contributed by atoms with E-state index in [1.807, 2.05) is 0 Å². The van der Waals surface area contributed by atoms with Gasteiger partial charge in [0.1, 0.15) is 6.04 Å². The zero-order valence-electron chi connectivity index (χ0n) is 11.0. The monoisotopic (exact) mass is 301 g/mol. The topological polar surface area (TPSA) is 110 Å². The Hall–Kier alpha value is -1.93. The lowest BCUT2D eigenvalue weighted by Crippen LogP contribution is -2.39. The number of ether oxygens (including phenoxy) is 1. The molecule has 1 aromatic rings. The number of carbonyl (C=O) groups is 2. The van der Waals surface area contributed by atoms with Crippen LogP contribution in [-0.4, -0.2) is 38.6 Å². The molecule has 0 spiro atoms. The van der Waals surface area contributed by atoms with Crippen molar-refractivity contribution < 1.29 is 27.9 Å². The number of carboxylic acid groups (broad SMARTS) is 1. The Labute approximate surface area is 116 Å². The number of carboxylic acids is 1. The number of hydrogen-bond acceptors (Lipinski definition) is 5. The smallest absolute Gasteiger partial charge is 0.335 e. The molecule has 0 aromatic heterocycles. The third-order valence-corrected chi connectivity index (χ3v) is 3.89.